The second-order valence-electron chi connectivity index (χ2n) is 6.10. The zero-order valence-corrected chi connectivity index (χ0v) is 13.2. The van der Waals surface area contributed by atoms with E-state index in [0.29, 0.717) is 12.2 Å². The minimum Gasteiger partial charge on any atom is -0.442 e. The lowest BCUT2D eigenvalue weighted by atomic mass is 9.91. The minimum atomic E-state index is 0.150. The molecule has 0 spiro atoms. The Morgan fingerprint density at radius 1 is 1.25 bits per heavy atom. The SMILES string of the molecule is O=C(Cc1cc2nc(-c3cnco3)ccc2cn1)C1CCNCC1. The first-order chi connectivity index (χ1) is 11.8. The second-order valence-corrected chi connectivity index (χ2v) is 6.10. The summed E-state index contributed by atoms with van der Waals surface area (Å²) in [5, 5.41) is 4.23. The van der Waals surface area contributed by atoms with E-state index in [1.807, 2.05) is 18.2 Å². The molecule has 6 nitrogen and oxygen atoms in total. The monoisotopic (exact) mass is 322 g/mol. The Bertz CT molecular complexity index is 855. The van der Waals surface area contributed by atoms with E-state index >= 15 is 0 Å². The molecule has 3 aromatic rings. The van der Waals surface area contributed by atoms with Crippen molar-refractivity contribution in [3.63, 3.8) is 0 Å². The van der Waals surface area contributed by atoms with Gasteiger partial charge < -0.3 is 9.73 Å². The Kier molecular flexibility index (Phi) is 4.04. The van der Waals surface area contributed by atoms with Crippen molar-refractivity contribution in [1.29, 1.82) is 0 Å². The Morgan fingerprint density at radius 3 is 2.92 bits per heavy atom. The maximum atomic E-state index is 12.4. The molecule has 0 unspecified atom stereocenters. The van der Waals surface area contributed by atoms with Crippen molar-refractivity contribution < 1.29 is 9.21 Å². The van der Waals surface area contributed by atoms with Gasteiger partial charge >= 0.3 is 0 Å². The molecular formula is C18H18N4O2. The summed E-state index contributed by atoms with van der Waals surface area (Å²) < 4.78 is 5.29. The normalized spacial score (nSPS) is 15.7. The fraction of sp³-hybridized carbons (Fsp3) is 0.333. The van der Waals surface area contributed by atoms with Crippen LogP contribution in [0.2, 0.25) is 0 Å². The van der Waals surface area contributed by atoms with Gasteiger partial charge in [0.2, 0.25) is 0 Å². The Morgan fingerprint density at radius 2 is 2.12 bits per heavy atom. The fourth-order valence-corrected chi connectivity index (χ4v) is 3.10. The molecule has 24 heavy (non-hydrogen) atoms. The van der Waals surface area contributed by atoms with Crippen LogP contribution in [0.3, 0.4) is 0 Å². The van der Waals surface area contributed by atoms with E-state index in [4.69, 9.17) is 4.42 Å². The summed E-state index contributed by atoms with van der Waals surface area (Å²) in [7, 11) is 0. The molecule has 1 N–H and O–H groups in total. The van der Waals surface area contributed by atoms with Gasteiger partial charge in [-0.05, 0) is 44.1 Å². The topological polar surface area (TPSA) is 80.9 Å². The van der Waals surface area contributed by atoms with Gasteiger partial charge in [-0.25, -0.2) is 9.97 Å². The standard InChI is InChI=1S/C18H18N4O2/c23-17(12-3-5-19-6-4-12)8-14-7-16-13(9-21-14)1-2-15(22-16)18-10-20-11-24-18/h1-2,7,9-12,19H,3-6,8H2. The van der Waals surface area contributed by atoms with Crippen molar-refractivity contribution in [2.24, 2.45) is 5.92 Å². The van der Waals surface area contributed by atoms with Crippen LogP contribution in [0.5, 0.6) is 0 Å². The third-order valence-corrected chi connectivity index (χ3v) is 4.46. The summed E-state index contributed by atoms with van der Waals surface area (Å²) in [6.45, 7) is 1.84. The van der Waals surface area contributed by atoms with E-state index in [0.717, 1.165) is 48.2 Å². The number of piperidine rings is 1. The number of rotatable bonds is 4. The van der Waals surface area contributed by atoms with Crippen LogP contribution in [0.25, 0.3) is 22.4 Å². The zero-order valence-electron chi connectivity index (χ0n) is 13.2. The molecule has 0 amide bonds. The van der Waals surface area contributed by atoms with Crippen molar-refractivity contribution in [3.8, 4) is 11.5 Å². The number of ketones is 1. The molecule has 0 aromatic carbocycles. The molecule has 0 aliphatic carbocycles. The molecule has 1 fully saturated rings. The van der Waals surface area contributed by atoms with Crippen LogP contribution in [0.1, 0.15) is 18.5 Å². The van der Waals surface area contributed by atoms with Gasteiger partial charge in [0.05, 0.1) is 11.7 Å². The third kappa shape index (κ3) is 3.05. The first-order valence-electron chi connectivity index (χ1n) is 8.17. The highest BCUT2D eigenvalue weighted by Crippen LogP contribution is 2.21. The maximum absolute atomic E-state index is 12.4. The predicted molar refractivity (Wildman–Crippen MR) is 89.3 cm³/mol. The van der Waals surface area contributed by atoms with Gasteiger partial charge in [-0.3, -0.25) is 9.78 Å². The maximum Gasteiger partial charge on any atom is 0.181 e. The number of hydrogen-bond acceptors (Lipinski definition) is 6. The molecule has 0 bridgehead atoms. The second kappa shape index (κ2) is 6.49. The largest absolute Gasteiger partial charge is 0.442 e. The molecule has 0 radical (unpaired) electrons. The molecular weight excluding hydrogens is 304 g/mol. The van der Waals surface area contributed by atoms with Crippen LogP contribution >= 0.6 is 0 Å². The van der Waals surface area contributed by atoms with Gasteiger partial charge in [0.15, 0.2) is 12.2 Å². The van der Waals surface area contributed by atoms with Crippen molar-refractivity contribution in [2.45, 2.75) is 19.3 Å². The van der Waals surface area contributed by atoms with Crippen LogP contribution in [0, 0.1) is 5.92 Å². The summed E-state index contributed by atoms with van der Waals surface area (Å²) in [5.74, 6) is 1.05. The van der Waals surface area contributed by atoms with Crippen LogP contribution in [-0.2, 0) is 11.2 Å². The fourth-order valence-electron chi connectivity index (χ4n) is 3.10. The number of hydrogen-bond donors (Lipinski definition) is 1. The number of fused-ring (bicyclic) bond motifs is 1. The average Bonchev–Trinajstić information content (AvgIpc) is 3.16. The Balaban J connectivity index is 1.58. The van der Waals surface area contributed by atoms with Gasteiger partial charge in [0.25, 0.3) is 0 Å². The molecule has 0 saturated carbocycles. The zero-order chi connectivity index (χ0) is 16.4. The van der Waals surface area contributed by atoms with Crippen molar-refractivity contribution in [3.05, 3.63) is 42.7 Å². The van der Waals surface area contributed by atoms with Crippen molar-refractivity contribution in [1.82, 2.24) is 20.3 Å². The van der Waals surface area contributed by atoms with E-state index < -0.39 is 0 Å². The van der Waals surface area contributed by atoms with E-state index in [9.17, 15) is 4.79 Å². The molecule has 3 aromatic heterocycles. The number of nitrogens with one attached hydrogen (secondary N) is 1. The summed E-state index contributed by atoms with van der Waals surface area (Å²) in [5.41, 5.74) is 2.31. The molecule has 4 heterocycles. The highest BCUT2D eigenvalue weighted by Gasteiger charge is 2.21. The number of pyridine rings is 2. The lowest BCUT2D eigenvalue weighted by molar-refractivity contribution is -0.123. The first-order valence-corrected chi connectivity index (χ1v) is 8.17. The summed E-state index contributed by atoms with van der Waals surface area (Å²) in [6, 6.07) is 5.73. The smallest absolute Gasteiger partial charge is 0.181 e. The quantitative estimate of drug-likeness (QED) is 0.794. The van der Waals surface area contributed by atoms with E-state index in [-0.39, 0.29) is 11.7 Å². The highest BCUT2D eigenvalue weighted by molar-refractivity contribution is 5.85. The lowest BCUT2D eigenvalue weighted by Gasteiger charge is -2.21. The van der Waals surface area contributed by atoms with E-state index in [1.54, 1.807) is 12.4 Å². The first kappa shape index (κ1) is 15.0. The summed E-state index contributed by atoms with van der Waals surface area (Å²) in [6.07, 6.45) is 7.00. The number of aromatic nitrogens is 3. The van der Waals surface area contributed by atoms with Gasteiger partial charge in [0.1, 0.15) is 11.5 Å². The van der Waals surface area contributed by atoms with Crippen LogP contribution < -0.4 is 5.32 Å². The number of oxazole rings is 1. The molecule has 1 aliphatic heterocycles. The van der Waals surface area contributed by atoms with Gasteiger partial charge in [0, 0.05) is 29.6 Å². The molecule has 122 valence electrons. The summed E-state index contributed by atoms with van der Waals surface area (Å²) >= 11 is 0. The van der Waals surface area contributed by atoms with E-state index in [1.165, 1.54) is 6.39 Å². The lowest BCUT2D eigenvalue weighted by Crippen LogP contribution is -2.32. The predicted octanol–water partition coefficient (Wildman–Crippen LogP) is 2.40. The number of carbonyl (C=O) groups excluding carboxylic acids is 1. The number of nitrogens with zero attached hydrogens (tertiary/aromatic N) is 3. The number of Topliss-reactive ketones (excluding diaryl/α,β-unsaturated/α-hetero) is 1. The average molecular weight is 322 g/mol. The van der Waals surface area contributed by atoms with Gasteiger partial charge in [-0.15, -0.1) is 0 Å². The molecule has 6 heteroatoms. The van der Waals surface area contributed by atoms with Gasteiger partial charge in [-0.2, -0.15) is 0 Å². The highest BCUT2D eigenvalue weighted by atomic mass is 16.3. The van der Waals surface area contributed by atoms with Crippen molar-refractivity contribution >= 4 is 16.7 Å². The summed E-state index contributed by atoms with van der Waals surface area (Å²) in [4.78, 5) is 25.4. The van der Waals surface area contributed by atoms with Crippen LogP contribution in [0.4, 0.5) is 0 Å². The Labute approximate surface area is 139 Å². The molecule has 1 aliphatic rings. The minimum absolute atomic E-state index is 0.150. The Hall–Kier alpha value is -2.60. The van der Waals surface area contributed by atoms with Gasteiger partial charge in [-0.1, -0.05) is 0 Å². The number of carbonyl (C=O) groups is 1. The molecule has 0 atom stereocenters. The van der Waals surface area contributed by atoms with Crippen LogP contribution in [0.15, 0.2) is 41.4 Å². The molecule has 4 rings (SSSR count). The van der Waals surface area contributed by atoms with Crippen LogP contribution in [-0.4, -0.2) is 33.8 Å². The van der Waals surface area contributed by atoms with Crippen molar-refractivity contribution in [2.75, 3.05) is 13.1 Å². The van der Waals surface area contributed by atoms with E-state index in [2.05, 4.69) is 20.3 Å². The third-order valence-electron chi connectivity index (χ3n) is 4.46. The molecule has 1 saturated heterocycles.